The normalized spacial score (nSPS) is 18.6. The molecule has 6 nitrogen and oxygen atoms in total. The van der Waals surface area contributed by atoms with Crippen LogP contribution < -0.4 is 10.5 Å². The van der Waals surface area contributed by atoms with E-state index in [2.05, 4.69) is 17.9 Å². The zero-order valence-corrected chi connectivity index (χ0v) is 13.5. The molecule has 1 aliphatic heterocycles. The monoisotopic (exact) mass is 317 g/mol. The number of hydrogen-bond acceptors (Lipinski definition) is 5. The van der Waals surface area contributed by atoms with Gasteiger partial charge in [-0.3, -0.25) is 15.0 Å². The maximum absolute atomic E-state index is 11.5. The number of nitrogen functional groups attached to an aromatic ring is 1. The van der Waals surface area contributed by atoms with Crippen LogP contribution in [0.15, 0.2) is 18.2 Å². The fourth-order valence-corrected chi connectivity index (χ4v) is 2.90. The topological polar surface area (TPSA) is 81.6 Å². The van der Waals surface area contributed by atoms with Crippen LogP contribution in [0.5, 0.6) is 5.75 Å². The number of anilines is 1. The van der Waals surface area contributed by atoms with E-state index in [4.69, 9.17) is 10.5 Å². The quantitative estimate of drug-likeness (QED) is 0.495. The fraction of sp³-hybridized carbons (Fsp3) is 0.529. The van der Waals surface area contributed by atoms with E-state index >= 15 is 0 Å². The number of ether oxygens (including phenoxy) is 1. The van der Waals surface area contributed by atoms with Crippen molar-refractivity contribution in [2.45, 2.75) is 26.2 Å². The number of hydrogen-bond donors (Lipinski definition) is 1. The molecule has 3 rings (SSSR count). The summed E-state index contributed by atoms with van der Waals surface area (Å²) in [5, 5.41) is 11.5. The van der Waals surface area contributed by atoms with Gasteiger partial charge in [0.2, 0.25) is 5.75 Å². The van der Waals surface area contributed by atoms with Crippen molar-refractivity contribution in [2.75, 3.05) is 32.0 Å². The molecule has 2 N–H and O–H groups in total. The lowest BCUT2D eigenvalue weighted by Crippen LogP contribution is -2.28. The fourth-order valence-electron chi connectivity index (χ4n) is 2.90. The van der Waals surface area contributed by atoms with Crippen molar-refractivity contribution in [1.29, 1.82) is 0 Å². The van der Waals surface area contributed by atoms with Gasteiger partial charge < -0.3 is 10.5 Å². The summed E-state index contributed by atoms with van der Waals surface area (Å²) in [6.07, 6.45) is 5.29. The molecule has 0 amide bonds. The van der Waals surface area contributed by atoms with Gasteiger partial charge in [-0.2, -0.15) is 0 Å². The SMILES string of the molecule is CCN1CC=C(c2ccc(N)c([N+](=O)[O-])c2OCC2CC2)CC1. The highest BCUT2D eigenvalue weighted by Gasteiger charge is 2.29. The van der Waals surface area contributed by atoms with E-state index in [9.17, 15) is 10.1 Å². The number of nitrogens with two attached hydrogens (primary N) is 1. The summed E-state index contributed by atoms with van der Waals surface area (Å²) in [6.45, 7) is 5.51. The molecule has 0 aromatic heterocycles. The molecule has 1 aliphatic carbocycles. The standard InChI is InChI=1S/C17H23N3O3/c1-2-19-9-7-13(8-10-19)14-5-6-15(18)16(20(21)22)17(14)23-11-12-3-4-12/h5-7,12H,2-4,8-11,18H2,1H3. The van der Waals surface area contributed by atoms with Gasteiger partial charge in [0, 0.05) is 18.7 Å². The van der Waals surface area contributed by atoms with Gasteiger partial charge in [0.25, 0.3) is 0 Å². The molecule has 6 heteroatoms. The van der Waals surface area contributed by atoms with Crippen LogP contribution in [0, 0.1) is 16.0 Å². The lowest BCUT2D eigenvalue weighted by atomic mass is 9.97. The average Bonchev–Trinajstić information content (AvgIpc) is 3.37. The molecule has 2 aliphatic rings. The van der Waals surface area contributed by atoms with Gasteiger partial charge in [-0.15, -0.1) is 0 Å². The summed E-state index contributed by atoms with van der Waals surface area (Å²) >= 11 is 0. The molecular weight excluding hydrogens is 294 g/mol. The third-order valence-corrected chi connectivity index (χ3v) is 4.59. The maximum Gasteiger partial charge on any atom is 0.334 e. The van der Waals surface area contributed by atoms with Gasteiger partial charge >= 0.3 is 5.69 Å². The first-order chi connectivity index (χ1) is 11.1. The van der Waals surface area contributed by atoms with Crippen LogP contribution in [0.1, 0.15) is 31.7 Å². The highest BCUT2D eigenvalue weighted by molar-refractivity contribution is 5.80. The molecule has 1 heterocycles. The second kappa shape index (κ2) is 6.58. The predicted molar refractivity (Wildman–Crippen MR) is 90.4 cm³/mol. The lowest BCUT2D eigenvalue weighted by molar-refractivity contribution is -0.384. The van der Waals surface area contributed by atoms with Gasteiger partial charge in [-0.25, -0.2) is 0 Å². The Morgan fingerprint density at radius 2 is 2.22 bits per heavy atom. The highest BCUT2D eigenvalue weighted by atomic mass is 16.6. The Kier molecular flexibility index (Phi) is 4.52. The van der Waals surface area contributed by atoms with Gasteiger partial charge in [0.15, 0.2) is 0 Å². The van der Waals surface area contributed by atoms with Crippen LogP contribution in [0.25, 0.3) is 5.57 Å². The molecule has 1 aromatic rings. The van der Waals surface area contributed by atoms with Crippen LogP contribution in [0.3, 0.4) is 0 Å². The van der Waals surface area contributed by atoms with Gasteiger partial charge in [0.1, 0.15) is 5.69 Å². The Hall–Kier alpha value is -2.08. The van der Waals surface area contributed by atoms with Crippen LogP contribution in [-0.4, -0.2) is 36.1 Å². The Balaban J connectivity index is 1.96. The summed E-state index contributed by atoms with van der Waals surface area (Å²) < 4.78 is 5.86. The van der Waals surface area contributed by atoms with Crippen LogP contribution in [-0.2, 0) is 0 Å². The van der Waals surface area contributed by atoms with Gasteiger partial charge in [0.05, 0.1) is 11.5 Å². The van der Waals surface area contributed by atoms with Crippen molar-refractivity contribution >= 4 is 16.9 Å². The Morgan fingerprint density at radius 1 is 1.43 bits per heavy atom. The third-order valence-electron chi connectivity index (χ3n) is 4.59. The molecule has 0 atom stereocenters. The minimum Gasteiger partial charge on any atom is -0.486 e. The third kappa shape index (κ3) is 3.47. The predicted octanol–water partition coefficient (Wildman–Crippen LogP) is 3.07. The number of rotatable bonds is 6. The molecule has 1 fully saturated rings. The molecule has 124 valence electrons. The van der Waals surface area contributed by atoms with E-state index in [0.717, 1.165) is 50.0 Å². The van der Waals surface area contributed by atoms with Crippen molar-refractivity contribution in [3.8, 4) is 5.75 Å². The number of nitrogens with zero attached hydrogens (tertiary/aromatic N) is 2. The first-order valence-electron chi connectivity index (χ1n) is 8.21. The van der Waals surface area contributed by atoms with Crippen molar-refractivity contribution in [1.82, 2.24) is 4.90 Å². The Labute approximate surface area is 136 Å². The zero-order valence-electron chi connectivity index (χ0n) is 13.5. The molecule has 0 saturated heterocycles. The number of nitro groups is 1. The van der Waals surface area contributed by atoms with E-state index in [1.165, 1.54) is 0 Å². The second-order valence-electron chi connectivity index (χ2n) is 6.26. The first-order valence-corrected chi connectivity index (χ1v) is 8.21. The summed E-state index contributed by atoms with van der Waals surface area (Å²) in [7, 11) is 0. The molecular formula is C17H23N3O3. The molecule has 0 bridgehead atoms. The molecule has 0 spiro atoms. The smallest absolute Gasteiger partial charge is 0.334 e. The van der Waals surface area contributed by atoms with E-state index in [0.29, 0.717) is 18.3 Å². The van der Waals surface area contributed by atoms with Crippen molar-refractivity contribution in [3.63, 3.8) is 0 Å². The second-order valence-corrected chi connectivity index (χ2v) is 6.26. The molecule has 23 heavy (non-hydrogen) atoms. The van der Waals surface area contributed by atoms with Crippen LogP contribution in [0.2, 0.25) is 0 Å². The van der Waals surface area contributed by atoms with Crippen molar-refractivity contribution in [2.24, 2.45) is 5.92 Å². The van der Waals surface area contributed by atoms with Crippen LogP contribution in [0.4, 0.5) is 11.4 Å². The van der Waals surface area contributed by atoms with Crippen molar-refractivity contribution < 1.29 is 9.66 Å². The Morgan fingerprint density at radius 3 is 2.78 bits per heavy atom. The van der Waals surface area contributed by atoms with Crippen molar-refractivity contribution in [3.05, 3.63) is 33.9 Å². The average molecular weight is 317 g/mol. The summed E-state index contributed by atoms with van der Waals surface area (Å²) in [4.78, 5) is 13.4. The highest BCUT2D eigenvalue weighted by Crippen LogP contribution is 2.42. The van der Waals surface area contributed by atoms with Gasteiger partial charge in [-0.05, 0) is 49.4 Å². The maximum atomic E-state index is 11.5. The number of benzene rings is 1. The minimum atomic E-state index is -0.428. The minimum absolute atomic E-state index is 0.0954. The molecule has 1 saturated carbocycles. The zero-order chi connectivity index (χ0) is 16.4. The van der Waals surface area contributed by atoms with E-state index in [-0.39, 0.29) is 11.4 Å². The number of likely N-dealkylation sites (N-methyl/N-ethyl adjacent to an activating group) is 1. The molecule has 1 aromatic carbocycles. The Bertz CT molecular complexity index is 638. The van der Waals surface area contributed by atoms with E-state index in [1.54, 1.807) is 6.07 Å². The summed E-state index contributed by atoms with van der Waals surface area (Å²) in [6, 6.07) is 3.47. The van der Waals surface area contributed by atoms with Gasteiger partial charge in [-0.1, -0.05) is 13.0 Å². The lowest BCUT2D eigenvalue weighted by Gasteiger charge is -2.25. The molecule has 0 unspecified atom stereocenters. The van der Waals surface area contributed by atoms with E-state index < -0.39 is 4.92 Å². The largest absolute Gasteiger partial charge is 0.486 e. The molecule has 0 radical (unpaired) electrons. The van der Waals surface area contributed by atoms with Crippen LogP contribution >= 0.6 is 0 Å². The summed E-state index contributed by atoms with van der Waals surface area (Å²) in [5.74, 6) is 0.873. The number of nitro benzene ring substituents is 1. The first kappa shape index (κ1) is 15.8. The van der Waals surface area contributed by atoms with E-state index in [1.807, 2.05) is 6.07 Å². The summed E-state index contributed by atoms with van der Waals surface area (Å²) in [5.41, 5.74) is 7.84.